The lowest BCUT2D eigenvalue weighted by atomic mass is 9.74. The number of rotatable bonds is 4. The summed E-state index contributed by atoms with van der Waals surface area (Å²) in [5.74, 6) is 0.630. The van der Waals surface area contributed by atoms with Crippen molar-refractivity contribution in [1.82, 2.24) is 9.97 Å². The highest BCUT2D eigenvalue weighted by Gasteiger charge is 2.34. The summed E-state index contributed by atoms with van der Waals surface area (Å²) in [7, 11) is 0. The lowest BCUT2D eigenvalue weighted by Gasteiger charge is -2.38. The van der Waals surface area contributed by atoms with Crippen LogP contribution in [0, 0.1) is 11.3 Å². The van der Waals surface area contributed by atoms with Gasteiger partial charge in [-0.3, -0.25) is 4.98 Å². The molecule has 1 aromatic carbocycles. The van der Waals surface area contributed by atoms with E-state index in [9.17, 15) is 0 Å². The van der Waals surface area contributed by atoms with Gasteiger partial charge in [0.2, 0.25) is 0 Å². The van der Waals surface area contributed by atoms with E-state index < -0.39 is 0 Å². The maximum atomic E-state index is 8.94. The summed E-state index contributed by atoms with van der Waals surface area (Å²) in [5.41, 5.74) is 1.59. The lowest BCUT2D eigenvalue weighted by molar-refractivity contribution is 0.0543. The van der Waals surface area contributed by atoms with Gasteiger partial charge >= 0.3 is 0 Å². The quantitative estimate of drug-likeness (QED) is 0.891. The molecule has 1 aliphatic heterocycles. The van der Waals surface area contributed by atoms with Crippen LogP contribution in [0.4, 0.5) is 5.82 Å². The molecule has 23 heavy (non-hydrogen) atoms. The van der Waals surface area contributed by atoms with Crippen LogP contribution in [0.15, 0.2) is 41.1 Å². The second-order valence-corrected chi connectivity index (χ2v) is 6.57. The van der Waals surface area contributed by atoms with Crippen LogP contribution in [0.3, 0.4) is 0 Å². The van der Waals surface area contributed by atoms with Crippen molar-refractivity contribution in [3.63, 3.8) is 0 Å². The Morgan fingerprint density at radius 3 is 2.87 bits per heavy atom. The fraction of sp³-hybridized carbons (Fsp3) is 0.353. The largest absolute Gasteiger partial charge is 0.381 e. The Morgan fingerprint density at radius 2 is 2.13 bits per heavy atom. The van der Waals surface area contributed by atoms with Gasteiger partial charge in [-0.25, -0.2) is 4.98 Å². The summed E-state index contributed by atoms with van der Waals surface area (Å²) in [6.07, 6.45) is 5.00. The van der Waals surface area contributed by atoms with E-state index >= 15 is 0 Å². The summed E-state index contributed by atoms with van der Waals surface area (Å²) in [6.45, 7) is 2.23. The zero-order valence-electron chi connectivity index (χ0n) is 12.6. The minimum absolute atomic E-state index is 0.00758. The van der Waals surface area contributed by atoms with Gasteiger partial charge in [0.25, 0.3) is 0 Å². The molecule has 0 radical (unpaired) electrons. The van der Waals surface area contributed by atoms with Crippen molar-refractivity contribution >= 4 is 21.7 Å². The Hall–Kier alpha value is -1.97. The fourth-order valence-corrected chi connectivity index (χ4v) is 3.31. The maximum Gasteiger partial charge on any atom is 0.161 e. The van der Waals surface area contributed by atoms with Gasteiger partial charge in [-0.05, 0) is 30.5 Å². The van der Waals surface area contributed by atoms with E-state index in [4.69, 9.17) is 10.00 Å². The normalized spacial score (nSPS) is 16.5. The Kier molecular flexibility index (Phi) is 4.89. The molecule has 0 amide bonds. The first-order valence-corrected chi connectivity index (χ1v) is 8.31. The van der Waals surface area contributed by atoms with Crippen molar-refractivity contribution in [2.45, 2.75) is 18.3 Å². The van der Waals surface area contributed by atoms with Crippen LogP contribution in [-0.2, 0) is 10.2 Å². The lowest BCUT2D eigenvalue weighted by Crippen LogP contribution is -2.40. The van der Waals surface area contributed by atoms with Gasteiger partial charge in [0.15, 0.2) is 5.69 Å². The number of nitriles is 1. The van der Waals surface area contributed by atoms with Crippen molar-refractivity contribution in [3.05, 3.63) is 52.4 Å². The summed E-state index contributed by atoms with van der Waals surface area (Å²) in [5, 5.41) is 12.3. The van der Waals surface area contributed by atoms with Crippen molar-refractivity contribution < 1.29 is 4.74 Å². The summed E-state index contributed by atoms with van der Waals surface area (Å²) >= 11 is 3.56. The third-order valence-electron chi connectivity index (χ3n) is 4.24. The van der Waals surface area contributed by atoms with E-state index in [0.29, 0.717) is 11.5 Å². The monoisotopic (exact) mass is 372 g/mol. The SMILES string of the molecule is N#Cc1cncc(NCC2(c3cccc(Br)c3)CCOCC2)n1. The number of hydrogen-bond acceptors (Lipinski definition) is 5. The summed E-state index contributed by atoms with van der Waals surface area (Å²) < 4.78 is 6.63. The third-order valence-corrected chi connectivity index (χ3v) is 4.74. The summed E-state index contributed by atoms with van der Waals surface area (Å²) in [4.78, 5) is 8.29. The molecule has 6 heteroatoms. The highest BCUT2D eigenvalue weighted by molar-refractivity contribution is 9.10. The third kappa shape index (κ3) is 3.69. The van der Waals surface area contributed by atoms with Gasteiger partial charge in [-0.15, -0.1) is 0 Å². The Bertz CT molecular complexity index is 723. The molecule has 0 saturated carbocycles. The van der Waals surface area contributed by atoms with Crippen LogP contribution in [0.1, 0.15) is 24.1 Å². The molecule has 1 saturated heterocycles. The number of nitrogens with zero attached hydrogens (tertiary/aromatic N) is 3. The maximum absolute atomic E-state index is 8.94. The van der Waals surface area contributed by atoms with Crippen molar-refractivity contribution in [1.29, 1.82) is 5.26 Å². The highest BCUT2D eigenvalue weighted by atomic mass is 79.9. The van der Waals surface area contributed by atoms with E-state index in [2.05, 4.69) is 49.4 Å². The molecule has 1 fully saturated rings. The molecular formula is C17H17BrN4O. The van der Waals surface area contributed by atoms with Crippen LogP contribution in [-0.4, -0.2) is 29.7 Å². The average molecular weight is 373 g/mol. The molecule has 0 bridgehead atoms. The zero-order chi connectivity index (χ0) is 16.1. The standard InChI is InChI=1S/C17H17BrN4O/c18-14-3-1-2-13(8-14)17(4-6-23-7-5-17)12-21-16-11-20-10-15(9-19)22-16/h1-3,8,10-11H,4-7,12H2,(H,21,22). The topological polar surface area (TPSA) is 70.8 Å². The Morgan fingerprint density at radius 1 is 1.30 bits per heavy atom. The number of nitrogens with one attached hydrogen (secondary N) is 1. The van der Waals surface area contributed by atoms with E-state index in [1.807, 2.05) is 12.1 Å². The second-order valence-electron chi connectivity index (χ2n) is 5.66. The number of ether oxygens (including phenoxy) is 1. The number of aromatic nitrogens is 2. The predicted molar refractivity (Wildman–Crippen MR) is 91.1 cm³/mol. The van der Waals surface area contributed by atoms with E-state index in [1.54, 1.807) is 6.20 Å². The molecule has 3 rings (SSSR count). The molecule has 0 unspecified atom stereocenters. The van der Waals surface area contributed by atoms with E-state index in [1.165, 1.54) is 11.8 Å². The van der Waals surface area contributed by atoms with Crippen LogP contribution < -0.4 is 5.32 Å². The van der Waals surface area contributed by atoms with Crippen molar-refractivity contribution in [2.24, 2.45) is 0 Å². The molecule has 118 valence electrons. The molecule has 0 spiro atoms. The average Bonchev–Trinajstić information content (AvgIpc) is 2.61. The van der Waals surface area contributed by atoms with E-state index in [0.717, 1.165) is 37.1 Å². The molecule has 1 aliphatic rings. The van der Waals surface area contributed by atoms with Gasteiger partial charge in [-0.1, -0.05) is 28.1 Å². The fourth-order valence-electron chi connectivity index (χ4n) is 2.91. The number of hydrogen-bond donors (Lipinski definition) is 1. The Labute approximate surface area is 143 Å². The van der Waals surface area contributed by atoms with Gasteiger partial charge in [0, 0.05) is 29.6 Å². The number of benzene rings is 1. The van der Waals surface area contributed by atoms with Crippen LogP contribution >= 0.6 is 15.9 Å². The van der Waals surface area contributed by atoms with Gasteiger partial charge < -0.3 is 10.1 Å². The molecule has 0 aliphatic carbocycles. The zero-order valence-corrected chi connectivity index (χ0v) is 14.2. The first-order valence-electron chi connectivity index (χ1n) is 7.52. The van der Waals surface area contributed by atoms with Gasteiger partial charge in [0.1, 0.15) is 11.9 Å². The minimum atomic E-state index is -0.00758. The molecular weight excluding hydrogens is 356 g/mol. The van der Waals surface area contributed by atoms with Gasteiger partial charge in [-0.2, -0.15) is 5.26 Å². The summed E-state index contributed by atoms with van der Waals surface area (Å²) in [6, 6.07) is 10.4. The van der Waals surface area contributed by atoms with Gasteiger partial charge in [0.05, 0.1) is 12.4 Å². The molecule has 0 atom stereocenters. The van der Waals surface area contributed by atoms with Crippen molar-refractivity contribution in [2.75, 3.05) is 25.1 Å². The number of halogens is 1. The molecule has 5 nitrogen and oxygen atoms in total. The highest BCUT2D eigenvalue weighted by Crippen LogP contribution is 2.36. The van der Waals surface area contributed by atoms with E-state index in [-0.39, 0.29) is 5.41 Å². The van der Waals surface area contributed by atoms with Crippen LogP contribution in [0.2, 0.25) is 0 Å². The molecule has 1 aromatic heterocycles. The smallest absolute Gasteiger partial charge is 0.161 e. The molecule has 2 aromatic rings. The first kappa shape index (κ1) is 15.9. The molecule has 2 heterocycles. The number of anilines is 1. The molecule has 1 N–H and O–H groups in total. The minimum Gasteiger partial charge on any atom is -0.381 e. The first-order chi connectivity index (χ1) is 11.2. The predicted octanol–water partition coefficient (Wildman–Crippen LogP) is 3.27. The van der Waals surface area contributed by atoms with Crippen LogP contribution in [0.5, 0.6) is 0 Å². The van der Waals surface area contributed by atoms with Crippen LogP contribution in [0.25, 0.3) is 0 Å². The second kappa shape index (κ2) is 7.07. The Balaban J connectivity index is 1.83. The van der Waals surface area contributed by atoms with Crippen molar-refractivity contribution in [3.8, 4) is 6.07 Å².